The number of amides is 1. The highest BCUT2D eigenvalue weighted by Gasteiger charge is 2.23. The molecule has 0 spiro atoms. The summed E-state index contributed by atoms with van der Waals surface area (Å²) in [6.45, 7) is 0.414. The highest BCUT2D eigenvalue weighted by Crippen LogP contribution is 2.22. The zero-order chi connectivity index (χ0) is 11.0. The lowest BCUT2D eigenvalue weighted by atomic mass is 10.0. The summed E-state index contributed by atoms with van der Waals surface area (Å²) < 4.78 is 4.88. The van der Waals surface area contributed by atoms with E-state index >= 15 is 0 Å². The average molecular weight is 250 g/mol. The van der Waals surface area contributed by atoms with E-state index in [0.717, 1.165) is 5.56 Å². The average Bonchev–Trinajstić information content (AvgIpc) is 2.75. The molecule has 1 N–H and O–H groups in total. The molecule has 1 heterocycles. The van der Waals surface area contributed by atoms with Gasteiger partial charge < -0.3 is 10.1 Å². The van der Waals surface area contributed by atoms with Crippen LogP contribution in [-0.2, 0) is 4.74 Å². The fourth-order valence-corrected chi connectivity index (χ4v) is 1.99. The van der Waals surface area contributed by atoms with Gasteiger partial charge in [-0.25, -0.2) is 4.79 Å². The second-order valence-electron chi connectivity index (χ2n) is 3.90. The molecule has 2 aromatic carbocycles. The van der Waals surface area contributed by atoms with Crippen LogP contribution in [0.15, 0.2) is 42.5 Å². The maximum absolute atomic E-state index is 11.0. The predicted octanol–water partition coefficient (Wildman–Crippen LogP) is 3.04. The molecule has 4 heteroatoms. The lowest BCUT2D eigenvalue weighted by molar-refractivity contribution is 0.177. The number of alkyl carbamates (subject to hydrolysis) is 1. The summed E-state index contributed by atoms with van der Waals surface area (Å²) in [5, 5.41) is 5.16. The second kappa shape index (κ2) is 4.63. The molecule has 1 atom stereocenters. The van der Waals surface area contributed by atoms with Gasteiger partial charge in [-0.2, -0.15) is 0 Å². The van der Waals surface area contributed by atoms with Crippen molar-refractivity contribution in [3.05, 3.63) is 48.0 Å². The van der Waals surface area contributed by atoms with Crippen molar-refractivity contribution in [3.8, 4) is 0 Å². The van der Waals surface area contributed by atoms with Gasteiger partial charge in [0, 0.05) is 0 Å². The molecule has 88 valence electrons. The van der Waals surface area contributed by atoms with Gasteiger partial charge in [0.2, 0.25) is 0 Å². The standard InChI is InChI=1S/C13H11NO2.ClH/c15-13-14-12(8-16-13)11-6-5-9-3-1-2-4-10(9)7-11;/h1-7,12H,8H2,(H,14,15);1H/t12-;/m0./s1. The summed E-state index contributed by atoms with van der Waals surface area (Å²) in [5.74, 6) is 0. The van der Waals surface area contributed by atoms with Gasteiger partial charge in [-0.3, -0.25) is 0 Å². The number of cyclic esters (lactones) is 1. The molecular formula is C13H12ClNO2. The molecule has 17 heavy (non-hydrogen) atoms. The highest BCUT2D eigenvalue weighted by molar-refractivity contribution is 5.85. The number of ether oxygens (including phenoxy) is 1. The topological polar surface area (TPSA) is 38.3 Å². The lowest BCUT2D eigenvalue weighted by Gasteiger charge is -2.08. The van der Waals surface area contributed by atoms with Gasteiger partial charge >= 0.3 is 6.09 Å². The van der Waals surface area contributed by atoms with Crippen LogP contribution in [-0.4, -0.2) is 12.7 Å². The molecule has 3 rings (SSSR count). The summed E-state index contributed by atoms with van der Waals surface area (Å²) >= 11 is 0. The van der Waals surface area contributed by atoms with Crippen LogP contribution in [0.2, 0.25) is 0 Å². The van der Waals surface area contributed by atoms with E-state index in [4.69, 9.17) is 4.74 Å². The number of hydrogen-bond acceptors (Lipinski definition) is 2. The van der Waals surface area contributed by atoms with Crippen molar-refractivity contribution in [2.75, 3.05) is 6.61 Å². The number of fused-ring (bicyclic) bond motifs is 1. The zero-order valence-electron chi connectivity index (χ0n) is 9.05. The molecule has 1 aliphatic heterocycles. The molecule has 0 aliphatic carbocycles. The number of hydrogen-bond donors (Lipinski definition) is 1. The predicted molar refractivity (Wildman–Crippen MR) is 68.4 cm³/mol. The normalized spacial score (nSPS) is 18.4. The Hall–Kier alpha value is -1.74. The molecular weight excluding hydrogens is 238 g/mol. The van der Waals surface area contributed by atoms with E-state index in [1.165, 1.54) is 10.8 Å². The Labute approximate surface area is 105 Å². The van der Waals surface area contributed by atoms with E-state index in [0.29, 0.717) is 6.61 Å². The van der Waals surface area contributed by atoms with Crippen LogP contribution in [0.1, 0.15) is 11.6 Å². The fourth-order valence-electron chi connectivity index (χ4n) is 1.99. The Balaban J connectivity index is 0.00000108. The molecule has 3 nitrogen and oxygen atoms in total. The summed E-state index contributed by atoms with van der Waals surface area (Å²) in [6.07, 6.45) is -0.335. The molecule has 0 unspecified atom stereocenters. The molecule has 0 radical (unpaired) electrons. The van der Waals surface area contributed by atoms with Gasteiger partial charge in [-0.15, -0.1) is 12.4 Å². The molecule has 0 aromatic heterocycles. The quantitative estimate of drug-likeness (QED) is 0.844. The van der Waals surface area contributed by atoms with Crippen molar-refractivity contribution in [1.29, 1.82) is 0 Å². The van der Waals surface area contributed by atoms with Gasteiger partial charge in [-0.05, 0) is 22.4 Å². The maximum atomic E-state index is 11.0. The first-order valence-corrected chi connectivity index (χ1v) is 5.25. The molecule has 0 bridgehead atoms. The molecule has 1 fully saturated rings. The minimum atomic E-state index is -0.335. The van der Waals surface area contributed by atoms with Crippen LogP contribution in [0.4, 0.5) is 4.79 Å². The number of nitrogens with one attached hydrogen (secondary N) is 1. The Morgan fingerprint density at radius 3 is 2.59 bits per heavy atom. The summed E-state index contributed by atoms with van der Waals surface area (Å²) in [5.41, 5.74) is 1.09. The first kappa shape index (κ1) is 11.7. The first-order valence-electron chi connectivity index (χ1n) is 5.25. The Bertz CT molecular complexity index is 556. The monoisotopic (exact) mass is 249 g/mol. The van der Waals surface area contributed by atoms with Crippen LogP contribution >= 0.6 is 12.4 Å². The SMILES string of the molecule is Cl.O=C1N[C@H](c2ccc3ccccc3c2)CO1. The number of benzene rings is 2. The number of carbonyl (C=O) groups excluding carboxylic acids is 1. The van der Waals surface area contributed by atoms with E-state index in [9.17, 15) is 4.79 Å². The van der Waals surface area contributed by atoms with Crippen LogP contribution < -0.4 is 5.32 Å². The summed E-state index contributed by atoms with van der Waals surface area (Å²) in [4.78, 5) is 11.0. The lowest BCUT2D eigenvalue weighted by Crippen LogP contribution is -2.18. The third kappa shape index (κ3) is 2.19. The minimum absolute atomic E-state index is 0. The van der Waals surface area contributed by atoms with E-state index < -0.39 is 0 Å². The number of halogens is 1. The minimum Gasteiger partial charge on any atom is -0.447 e. The van der Waals surface area contributed by atoms with Gasteiger partial charge in [0.15, 0.2) is 0 Å². The van der Waals surface area contributed by atoms with Crippen molar-refractivity contribution < 1.29 is 9.53 Å². The fraction of sp³-hybridized carbons (Fsp3) is 0.154. The molecule has 2 aromatic rings. The van der Waals surface area contributed by atoms with Gasteiger partial charge in [0.25, 0.3) is 0 Å². The smallest absolute Gasteiger partial charge is 0.407 e. The van der Waals surface area contributed by atoms with E-state index in [-0.39, 0.29) is 24.5 Å². The van der Waals surface area contributed by atoms with Crippen molar-refractivity contribution in [1.82, 2.24) is 5.32 Å². The van der Waals surface area contributed by atoms with Crippen molar-refractivity contribution in [3.63, 3.8) is 0 Å². The van der Waals surface area contributed by atoms with Gasteiger partial charge in [-0.1, -0.05) is 36.4 Å². The van der Waals surface area contributed by atoms with Crippen LogP contribution in [0.3, 0.4) is 0 Å². The van der Waals surface area contributed by atoms with Crippen molar-refractivity contribution in [2.45, 2.75) is 6.04 Å². The van der Waals surface area contributed by atoms with Crippen LogP contribution in [0.5, 0.6) is 0 Å². The van der Waals surface area contributed by atoms with Gasteiger partial charge in [0.1, 0.15) is 6.61 Å². The molecule has 1 saturated heterocycles. The van der Waals surface area contributed by atoms with Gasteiger partial charge in [0.05, 0.1) is 6.04 Å². The Morgan fingerprint density at radius 2 is 1.88 bits per heavy atom. The summed E-state index contributed by atoms with van der Waals surface area (Å²) in [7, 11) is 0. The third-order valence-corrected chi connectivity index (χ3v) is 2.85. The Morgan fingerprint density at radius 1 is 1.12 bits per heavy atom. The molecule has 0 saturated carbocycles. The number of rotatable bonds is 1. The first-order chi connectivity index (χ1) is 7.83. The third-order valence-electron chi connectivity index (χ3n) is 2.85. The van der Waals surface area contributed by atoms with Crippen molar-refractivity contribution in [2.24, 2.45) is 0 Å². The highest BCUT2D eigenvalue weighted by atomic mass is 35.5. The maximum Gasteiger partial charge on any atom is 0.407 e. The largest absolute Gasteiger partial charge is 0.447 e. The Kier molecular flexibility index (Phi) is 3.20. The van der Waals surface area contributed by atoms with E-state index in [2.05, 4.69) is 29.6 Å². The van der Waals surface area contributed by atoms with Crippen LogP contribution in [0.25, 0.3) is 10.8 Å². The summed E-state index contributed by atoms with van der Waals surface area (Å²) in [6, 6.07) is 14.3. The van der Waals surface area contributed by atoms with Crippen molar-refractivity contribution >= 4 is 29.3 Å². The zero-order valence-corrected chi connectivity index (χ0v) is 9.87. The second-order valence-corrected chi connectivity index (χ2v) is 3.90. The molecule has 1 amide bonds. The van der Waals surface area contributed by atoms with E-state index in [1.54, 1.807) is 0 Å². The number of carbonyl (C=O) groups is 1. The molecule has 1 aliphatic rings. The van der Waals surface area contributed by atoms with E-state index in [1.807, 2.05) is 18.2 Å². The van der Waals surface area contributed by atoms with Crippen LogP contribution in [0, 0.1) is 0 Å².